The molecular weight excluding hydrogens is 1660 g/mol. The van der Waals surface area contributed by atoms with Gasteiger partial charge in [-0.3, -0.25) is 14.4 Å². The standard InChI is InChI=1S/C23H37BClNO5.C17H25BrClNO3.C15H21BrClNO2.C8H19N.C7H4BrClO3.C7H5ClO3/c1-20(2,3)13-21(4,5)26-19(27)15-11-16(17(25)12-18(15)29-14-28-10)24-30-22(6,7)23(8,9)31-24;1-16(2,3)9-17(4,5)20-15(21)11-7-12(18)13(19)8-14(11)23-10-22-6;1-14(2,3)8-15(4,5)18-13(20)9-6-10(16)11(17)7-12(9)19;1-7(2,3)6-8(4,5)9;8-4-1-3(7(11)12)6(10)2-5(4)9;8-4-1-2-5(7(10)11)6(9)3-4/h11-12H,13-14H2,1-10H3,(H,26,27);7-8H,9-10H2,1-6H3,(H,20,21);6-7,19H,8H2,1-5H3,(H,18,20);6,9H2,1-5H3;1-2,10H,(H,11,12);1-3,9H,(H,10,11). The zero-order valence-electron chi connectivity index (χ0n) is 66.0. The van der Waals surface area contributed by atoms with Crippen molar-refractivity contribution in [2.75, 3.05) is 27.8 Å². The molecule has 0 saturated carbocycles. The van der Waals surface area contributed by atoms with Crippen LogP contribution in [0, 0.1) is 21.7 Å². The Morgan fingerprint density at radius 1 is 0.443 bits per heavy atom. The number of carboxylic acid groups (broad SMARTS) is 2. The van der Waals surface area contributed by atoms with Gasteiger partial charge in [-0.15, -0.1) is 0 Å². The van der Waals surface area contributed by atoms with E-state index in [0.29, 0.717) is 67.0 Å². The van der Waals surface area contributed by atoms with E-state index in [9.17, 15) is 29.1 Å². The van der Waals surface area contributed by atoms with E-state index in [0.717, 1.165) is 25.7 Å². The molecule has 5 aromatic rings. The molecule has 1 aliphatic rings. The summed E-state index contributed by atoms with van der Waals surface area (Å²) in [5.74, 6) is -3.17. The van der Waals surface area contributed by atoms with Gasteiger partial charge in [0.2, 0.25) is 0 Å². The average Bonchev–Trinajstić information content (AvgIpc) is 1.55. The number of hydrogen-bond donors (Lipinski definition) is 9. The van der Waals surface area contributed by atoms with Crippen LogP contribution in [0.4, 0.5) is 0 Å². The summed E-state index contributed by atoms with van der Waals surface area (Å²) in [6.07, 6.45) is 3.54. The minimum atomic E-state index is -1.19. The van der Waals surface area contributed by atoms with Crippen molar-refractivity contribution in [1.82, 2.24) is 16.0 Å². The molecule has 0 unspecified atom stereocenters. The fourth-order valence-corrected chi connectivity index (χ4v) is 13.7. The highest BCUT2D eigenvalue weighted by molar-refractivity contribution is 9.11. The Morgan fingerprint density at radius 3 is 1.07 bits per heavy atom. The van der Waals surface area contributed by atoms with Crippen LogP contribution in [-0.2, 0) is 18.8 Å². The summed E-state index contributed by atoms with van der Waals surface area (Å²) in [6.45, 7) is 49.9. The maximum absolute atomic E-state index is 13.3. The third-order valence-corrected chi connectivity index (χ3v) is 18.9. The number of aromatic hydroxyl groups is 3. The molecule has 1 saturated heterocycles. The monoisotopic (exact) mass is 1770 g/mol. The SMILES string of the molecule is CC(C)(C)CC(C)(C)N.CC(C)(C)CC(C)(C)NC(=O)c1cc(Br)c(Cl)cc1O.COCOc1cc(Cl)c(B2OC(C)(C)C(C)(C)O2)cc1C(=O)NC(C)(C)CC(C)(C)C.COCOc1cc(Cl)c(Br)cc1C(=O)NC(C)(C)CC(C)(C)C.O=C(O)c1cc(Br)c(Cl)cc1O.O=C(O)c1ccc(Cl)cc1O. The van der Waals surface area contributed by atoms with E-state index in [2.05, 4.69) is 161 Å². The van der Waals surface area contributed by atoms with Crippen LogP contribution in [0.2, 0.25) is 25.1 Å². The summed E-state index contributed by atoms with van der Waals surface area (Å²) in [4.78, 5) is 59.1. The van der Waals surface area contributed by atoms with Gasteiger partial charge in [0.25, 0.3) is 17.7 Å². The number of nitrogens with two attached hydrogens (primary N) is 1. The van der Waals surface area contributed by atoms with Crippen molar-refractivity contribution in [2.45, 2.75) is 225 Å². The van der Waals surface area contributed by atoms with E-state index in [-0.39, 0.29) is 103 Å². The number of aromatic carboxylic acids is 2. The van der Waals surface area contributed by atoms with Gasteiger partial charge in [-0.05, 0) is 227 Å². The lowest BCUT2D eigenvalue weighted by molar-refractivity contribution is 0.00578. The van der Waals surface area contributed by atoms with Gasteiger partial charge in [0.15, 0.2) is 13.6 Å². The number of nitrogens with one attached hydrogen (secondary N) is 3. The number of amides is 3. The minimum absolute atomic E-state index is 0.00215. The number of carboxylic acids is 2. The Labute approximate surface area is 678 Å². The van der Waals surface area contributed by atoms with Crippen molar-refractivity contribution < 1.29 is 77.8 Å². The summed E-state index contributed by atoms with van der Waals surface area (Å²) in [6, 6.07) is 15.7. The maximum Gasteiger partial charge on any atom is 0.496 e. The first-order valence-corrected chi connectivity index (χ1v) is 37.9. The van der Waals surface area contributed by atoms with Crippen LogP contribution in [0.1, 0.15) is 244 Å². The Hall–Kier alpha value is -4.80. The van der Waals surface area contributed by atoms with E-state index in [1.807, 2.05) is 69.2 Å². The molecule has 0 radical (unpaired) electrons. The molecule has 0 aliphatic carbocycles. The van der Waals surface area contributed by atoms with Gasteiger partial charge < -0.3 is 75.5 Å². The molecule has 5 aromatic carbocycles. The van der Waals surface area contributed by atoms with Crippen LogP contribution in [0.3, 0.4) is 0 Å². The molecule has 6 rings (SSSR count). The summed E-state index contributed by atoms with van der Waals surface area (Å²) < 4.78 is 35.0. The Bertz CT molecular complexity index is 3800. The minimum Gasteiger partial charge on any atom is -0.507 e. The van der Waals surface area contributed by atoms with E-state index in [1.54, 1.807) is 24.3 Å². The van der Waals surface area contributed by atoms with Crippen LogP contribution in [0.15, 0.2) is 80.1 Å². The molecule has 0 spiro atoms. The Morgan fingerprint density at radius 2 is 0.745 bits per heavy atom. The van der Waals surface area contributed by atoms with Crippen molar-refractivity contribution in [1.29, 1.82) is 0 Å². The number of methoxy groups -OCH3 is 2. The largest absolute Gasteiger partial charge is 0.507 e. The zero-order chi connectivity index (χ0) is 82.8. The smallest absolute Gasteiger partial charge is 0.496 e. The topological polar surface area (TPSA) is 304 Å². The quantitative estimate of drug-likeness (QED) is 0.0274. The van der Waals surface area contributed by atoms with Crippen molar-refractivity contribution in [3.8, 4) is 28.7 Å². The molecule has 1 fully saturated rings. The highest BCUT2D eigenvalue weighted by Gasteiger charge is 2.52. The summed E-state index contributed by atoms with van der Waals surface area (Å²) in [5, 5.41) is 55.9. The number of ether oxygens (including phenoxy) is 4. The molecule has 1 aliphatic heterocycles. The third-order valence-electron chi connectivity index (χ3n) is 14.8. The second kappa shape index (κ2) is 40.4. The third kappa shape index (κ3) is 36.4. The molecular formula is C77H111BBr3Cl5N4O16. The van der Waals surface area contributed by atoms with E-state index >= 15 is 0 Å². The fraction of sp³-hybridized carbons (Fsp3) is 0.545. The lowest BCUT2D eigenvalue weighted by Gasteiger charge is -2.33. The first-order valence-electron chi connectivity index (χ1n) is 33.7. The van der Waals surface area contributed by atoms with E-state index in [4.69, 9.17) is 112 Å². The van der Waals surface area contributed by atoms with Gasteiger partial charge >= 0.3 is 19.1 Å². The number of carbonyl (C=O) groups excluding carboxylic acids is 3. The number of hydrogen-bond acceptors (Lipinski definition) is 15. The Balaban J connectivity index is 0.000000669. The van der Waals surface area contributed by atoms with Crippen LogP contribution in [0.25, 0.3) is 0 Å². The number of benzene rings is 5. The number of phenols is 3. The van der Waals surface area contributed by atoms with Crippen molar-refractivity contribution in [3.05, 3.63) is 133 Å². The van der Waals surface area contributed by atoms with Gasteiger partial charge in [-0.2, -0.15) is 0 Å². The average molecular weight is 1780 g/mol. The van der Waals surface area contributed by atoms with Gasteiger partial charge in [0.1, 0.15) is 39.9 Å². The first kappa shape index (κ1) is 99.2. The second-order valence-electron chi connectivity index (χ2n) is 34.1. The van der Waals surface area contributed by atoms with Crippen LogP contribution < -0.4 is 36.6 Å². The van der Waals surface area contributed by atoms with Crippen molar-refractivity contribution in [3.63, 3.8) is 0 Å². The van der Waals surface area contributed by atoms with Gasteiger partial charge in [0.05, 0.1) is 43.0 Å². The molecule has 0 aromatic heterocycles. The molecule has 1 heterocycles. The summed E-state index contributed by atoms with van der Waals surface area (Å²) >= 11 is 39.2. The Kier molecular flexibility index (Phi) is 37.8. The van der Waals surface area contributed by atoms with E-state index in [1.165, 1.54) is 56.7 Å². The molecule has 29 heteroatoms. The predicted octanol–water partition coefficient (Wildman–Crippen LogP) is 20.8. The molecule has 3 amide bonds. The zero-order valence-corrected chi connectivity index (χ0v) is 74.5. The molecule has 20 nitrogen and oxygen atoms in total. The number of carbonyl (C=O) groups is 5. The highest BCUT2D eigenvalue weighted by Crippen LogP contribution is 2.40. The maximum atomic E-state index is 13.3. The van der Waals surface area contributed by atoms with E-state index < -0.39 is 35.8 Å². The van der Waals surface area contributed by atoms with Crippen LogP contribution >= 0.6 is 106 Å². The summed E-state index contributed by atoms with van der Waals surface area (Å²) in [5.41, 5.74) is 5.49. The lowest BCUT2D eigenvalue weighted by Crippen LogP contribution is -2.46. The highest BCUT2D eigenvalue weighted by atomic mass is 79.9. The molecule has 10 N–H and O–H groups in total. The summed E-state index contributed by atoms with van der Waals surface area (Å²) in [7, 11) is 2.35. The number of halogens is 8. The lowest BCUT2D eigenvalue weighted by atomic mass is 9.77. The normalized spacial score (nSPS) is 13.6. The number of phenolic OH excluding ortho intramolecular Hbond substituents is 1. The predicted molar refractivity (Wildman–Crippen MR) is 439 cm³/mol. The molecule has 106 heavy (non-hydrogen) atoms. The van der Waals surface area contributed by atoms with Crippen molar-refractivity contribution >= 4 is 148 Å². The molecule has 0 bridgehead atoms. The molecule has 594 valence electrons. The van der Waals surface area contributed by atoms with Gasteiger partial charge in [0, 0.05) is 83.5 Å². The van der Waals surface area contributed by atoms with Crippen molar-refractivity contribution in [2.24, 2.45) is 27.4 Å². The number of rotatable bonds is 19. The van der Waals surface area contributed by atoms with Gasteiger partial charge in [-0.25, -0.2) is 9.59 Å². The fourth-order valence-electron chi connectivity index (χ4n) is 11.8. The van der Waals surface area contributed by atoms with Crippen LogP contribution in [-0.4, -0.2) is 123 Å². The first-order chi connectivity index (χ1) is 47.7. The van der Waals surface area contributed by atoms with Crippen LogP contribution in [0.5, 0.6) is 28.7 Å². The van der Waals surface area contributed by atoms with Gasteiger partial charge in [-0.1, -0.05) is 141 Å². The second-order valence-corrected chi connectivity index (χ2v) is 38.7. The molecule has 0 atom stereocenters.